The Morgan fingerprint density at radius 1 is 1.04 bits per heavy atom. The lowest BCUT2D eigenvalue weighted by Gasteiger charge is -2.16. The molecule has 9 heteroatoms. The van der Waals surface area contributed by atoms with E-state index in [-0.39, 0.29) is 34.0 Å². The van der Waals surface area contributed by atoms with Crippen LogP contribution in [-0.4, -0.2) is 11.5 Å². The first-order valence-corrected chi connectivity index (χ1v) is 6.73. The van der Waals surface area contributed by atoms with Gasteiger partial charge in [-0.1, -0.05) is 41.4 Å². The number of aromatic hydroxyl groups is 1. The summed E-state index contributed by atoms with van der Waals surface area (Å²) in [4.78, 5) is 0. The second kappa shape index (κ2) is 7.49. The molecular weight excluding hydrogens is 378 g/mol. The van der Waals surface area contributed by atoms with E-state index >= 15 is 0 Å². The Morgan fingerprint density at radius 2 is 1.61 bits per heavy atom. The van der Waals surface area contributed by atoms with Crippen LogP contribution >= 0.6 is 35.6 Å². The lowest BCUT2D eigenvalue weighted by molar-refractivity contribution is -0.274. The van der Waals surface area contributed by atoms with Gasteiger partial charge >= 0.3 is 6.36 Å². The monoisotopic (exact) mass is 387 g/mol. The summed E-state index contributed by atoms with van der Waals surface area (Å²) in [5.41, 5.74) is 6.77. The molecule has 2 rings (SSSR count). The van der Waals surface area contributed by atoms with E-state index in [1.54, 1.807) is 0 Å². The SMILES string of the molecule is Cl.N[C@H](c1ccc(OC(F)(F)F)cc1)c1ccc(Cl)c(Cl)c1O. The Kier molecular flexibility index (Phi) is 6.41. The van der Waals surface area contributed by atoms with Gasteiger partial charge in [-0.3, -0.25) is 0 Å². The van der Waals surface area contributed by atoms with Crippen molar-refractivity contribution in [3.8, 4) is 11.5 Å². The minimum atomic E-state index is -4.76. The molecule has 2 aromatic carbocycles. The molecule has 0 heterocycles. The molecule has 0 aromatic heterocycles. The molecule has 2 aromatic rings. The molecular formula is C14H11Cl3F3NO2. The van der Waals surface area contributed by atoms with Crippen molar-refractivity contribution in [3.05, 3.63) is 57.6 Å². The number of hydrogen-bond donors (Lipinski definition) is 2. The van der Waals surface area contributed by atoms with Gasteiger partial charge in [0, 0.05) is 5.56 Å². The minimum absolute atomic E-state index is 0. The molecule has 1 atom stereocenters. The number of phenolic OH excluding ortho intramolecular Hbond substituents is 1. The summed E-state index contributed by atoms with van der Waals surface area (Å²) in [6, 6.07) is 7.19. The van der Waals surface area contributed by atoms with Crippen LogP contribution in [0.2, 0.25) is 10.0 Å². The van der Waals surface area contributed by atoms with E-state index in [0.717, 1.165) is 12.1 Å². The molecule has 23 heavy (non-hydrogen) atoms. The minimum Gasteiger partial charge on any atom is -0.506 e. The summed E-state index contributed by atoms with van der Waals surface area (Å²) >= 11 is 11.6. The highest BCUT2D eigenvalue weighted by Gasteiger charge is 2.31. The van der Waals surface area contributed by atoms with E-state index < -0.39 is 12.4 Å². The van der Waals surface area contributed by atoms with Gasteiger partial charge in [-0.05, 0) is 23.8 Å². The van der Waals surface area contributed by atoms with Crippen molar-refractivity contribution in [3.63, 3.8) is 0 Å². The van der Waals surface area contributed by atoms with Gasteiger partial charge in [0.05, 0.1) is 11.1 Å². The fourth-order valence-electron chi connectivity index (χ4n) is 1.86. The molecule has 0 saturated carbocycles. The Balaban J connectivity index is 0.00000264. The van der Waals surface area contributed by atoms with Gasteiger partial charge in [-0.15, -0.1) is 25.6 Å². The zero-order valence-corrected chi connectivity index (χ0v) is 13.6. The van der Waals surface area contributed by atoms with Crippen LogP contribution in [0.25, 0.3) is 0 Å². The van der Waals surface area contributed by atoms with Gasteiger partial charge in [0.25, 0.3) is 0 Å². The first kappa shape index (κ1) is 19.7. The Bertz CT molecular complexity index is 678. The second-order valence-corrected chi connectivity index (χ2v) is 5.18. The molecule has 3 N–H and O–H groups in total. The van der Waals surface area contributed by atoms with Gasteiger partial charge in [-0.25, -0.2) is 0 Å². The van der Waals surface area contributed by atoms with E-state index in [1.807, 2.05) is 0 Å². The molecule has 0 aliphatic carbocycles. The van der Waals surface area contributed by atoms with Crippen LogP contribution in [-0.2, 0) is 0 Å². The standard InChI is InChI=1S/C14H10Cl2F3NO2.ClH/c15-10-6-5-9(13(21)11(10)16)12(20)7-1-3-8(4-2-7)22-14(17,18)19;/h1-6,12,21H,20H2;1H/t12-;/m1./s1. The third kappa shape index (κ3) is 4.81. The van der Waals surface area contributed by atoms with Crippen LogP contribution < -0.4 is 10.5 Å². The van der Waals surface area contributed by atoms with Crippen LogP contribution in [0, 0.1) is 0 Å². The number of benzene rings is 2. The van der Waals surface area contributed by atoms with E-state index in [2.05, 4.69) is 4.74 Å². The number of phenols is 1. The van der Waals surface area contributed by atoms with Gasteiger partial charge in [-0.2, -0.15) is 0 Å². The number of ether oxygens (including phenoxy) is 1. The smallest absolute Gasteiger partial charge is 0.506 e. The van der Waals surface area contributed by atoms with E-state index in [9.17, 15) is 18.3 Å². The molecule has 0 bridgehead atoms. The van der Waals surface area contributed by atoms with E-state index in [0.29, 0.717) is 11.1 Å². The Morgan fingerprint density at radius 3 is 2.13 bits per heavy atom. The number of alkyl halides is 3. The summed E-state index contributed by atoms with van der Waals surface area (Å²) in [5, 5.41) is 10.1. The molecule has 126 valence electrons. The topological polar surface area (TPSA) is 55.5 Å². The number of halogens is 6. The van der Waals surface area contributed by atoms with E-state index in [1.165, 1.54) is 24.3 Å². The number of nitrogens with two attached hydrogens (primary N) is 1. The highest BCUT2D eigenvalue weighted by molar-refractivity contribution is 6.43. The van der Waals surface area contributed by atoms with Gasteiger partial charge < -0.3 is 15.6 Å². The van der Waals surface area contributed by atoms with Gasteiger partial charge in [0.2, 0.25) is 0 Å². The van der Waals surface area contributed by atoms with Crippen LogP contribution in [0.15, 0.2) is 36.4 Å². The molecule has 0 unspecified atom stereocenters. The first-order valence-electron chi connectivity index (χ1n) is 5.97. The molecule has 0 aliphatic heterocycles. The third-order valence-electron chi connectivity index (χ3n) is 2.91. The Labute approximate surface area is 146 Å². The number of hydrogen-bond acceptors (Lipinski definition) is 3. The lowest BCUT2D eigenvalue weighted by atomic mass is 9.98. The molecule has 0 saturated heterocycles. The van der Waals surface area contributed by atoms with Gasteiger partial charge in [0.1, 0.15) is 16.5 Å². The predicted molar refractivity (Wildman–Crippen MR) is 84.5 cm³/mol. The second-order valence-electron chi connectivity index (χ2n) is 4.39. The summed E-state index contributed by atoms with van der Waals surface area (Å²) in [7, 11) is 0. The van der Waals surface area contributed by atoms with Crippen LogP contribution in [0.4, 0.5) is 13.2 Å². The van der Waals surface area contributed by atoms with Crippen molar-refractivity contribution in [1.29, 1.82) is 0 Å². The van der Waals surface area contributed by atoms with Crippen molar-refractivity contribution >= 4 is 35.6 Å². The normalized spacial score (nSPS) is 12.4. The van der Waals surface area contributed by atoms with Crippen molar-refractivity contribution in [2.75, 3.05) is 0 Å². The highest BCUT2D eigenvalue weighted by atomic mass is 35.5. The summed E-state index contributed by atoms with van der Waals surface area (Å²) in [6.45, 7) is 0. The molecule has 0 aliphatic rings. The van der Waals surface area contributed by atoms with Crippen molar-refractivity contribution in [2.24, 2.45) is 5.73 Å². The van der Waals surface area contributed by atoms with Crippen molar-refractivity contribution < 1.29 is 23.0 Å². The van der Waals surface area contributed by atoms with Crippen molar-refractivity contribution in [1.82, 2.24) is 0 Å². The maximum atomic E-state index is 12.1. The third-order valence-corrected chi connectivity index (χ3v) is 3.70. The average molecular weight is 389 g/mol. The summed E-state index contributed by atoms with van der Waals surface area (Å²) in [6.07, 6.45) is -4.76. The predicted octanol–water partition coefficient (Wildman–Crippen LogP) is 5.07. The largest absolute Gasteiger partial charge is 0.573 e. The van der Waals surface area contributed by atoms with Crippen LogP contribution in [0.3, 0.4) is 0 Å². The average Bonchev–Trinajstić information content (AvgIpc) is 2.43. The zero-order valence-electron chi connectivity index (χ0n) is 11.3. The molecule has 0 amide bonds. The fourth-order valence-corrected chi connectivity index (χ4v) is 2.19. The molecule has 0 radical (unpaired) electrons. The lowest BCUT2D eigenvalue weighted by Crippen LogP contribution is -2.17. The van der Waals surface area contributed by atoms with Crippen LogP contribution in [0.5, 0.6) is 11.5 Å². The molecule has 3 nitrogen and oxygen atoms in total. The number of rotatable bonds is 3. The molecule has 0 spiro atoms. The zero-order chi connectivity index (χ0) is 16.5. The summed E-state index contributed by atoms with van der Waals surface area (Å²) in [5.74, 6) is -0.626. The maximum absolute atomic E-state index is 12.1. The quantitative estimate of drug-likeness (QED) is 0.772. The van der Waals surface area contributed by atoms with E-state index in [4.69, 9.17) is 28.9 Å². The Hall–Kier alpha value is -1.34. The van der Waals surface area contributed by atoms with Crippen LogP contribution in [0.1, 0.15) is 17.2 Å². The summed E-state index contributed by atoms with van der Waals surface area (Å²) < 4.78 is 40.1. The highest BCUT2D eigenvalue weighted by Crippen LogP contribution is 2.38. The van der Waals surface area contributed by atoms with Gasteiger partial charge in [0.15, 0.2) is 0 Å². The maximum Gasteiger partial charge on any atom is 0.573 e. The first-order chi connectivity index (χ1) is 10.2. The fraction of sp³-hybridized carbons (Fsp3) is 0.143. The molecule has 0 fully saturated rings. The van der Waals surface area contributed by atoms with Crippen molar-refractivity contribution in [2.45, 2.75) is 12.4 Å².